The Morgan fingerprint density at radius 3 is 2.93 bits per heavy atom. The normalized spacial score (nSPS) is 21.6. The molecular weight excluding hydrogens is 202 g/mol. The molecule has 1 aromatic heterocycles. The lowest BCUT2D eigenvalue weighted by Gasteiger charge is -2.15. The number of aliphatic hydroxyl groups excluding tert-OH is 1. The third kappa shape index (κ3) is 1.96. The van der Waals surface area contributed by atoms with Crippen LogP contribution in [0, 0.1) is 6.92 Å². The molecule has 0 aliphatic carbocycles. The Morgan fingerprint density at radius 1 is 1.57 bits per heavy atom. The lowest BCUT2D eigenvalue weighted by molar-refractivity contribution is 0.198. The Bertz CT molecular complexity index is 325. The van der Waals surface area contributed by atoms with Crippen LogP contribution >= 0.6 is 11.6 Å². The smallest absolute Gasteiger partial charge is 0.227 e. The van der Waals surface area contributed by atoms with Crippen LogP contribution in [0.4, 0.5) is 5.95 Å². The van der Waals surface area contributed by atoms with Crippen LogP contribution in [0.15, 0.2) is 6.07 Å². The van der Waals surface area contributed by atoms with Crippen LogP contribution in [-0.4, -0.2) is 34.3 Å². The summed E-state index contributed by atoms with van der Waals surface area (Å²) in [7, 11) is 0. The Hall–Kier alpha value is -0.870. The highest BCUT2D eigenvalue weighted by atomic mass is 35.5. The number of rotatable bonds is 1. The molecule has 4 nitrogen and oxygen atoms in total. The van der Waals surface area contributed by atoms with Crippen molar-refractivity contribution in [3.8, 4) is 0 Å². The number of aryl methyl sites for hydroxylation is 1. The van der Waals surface area contributed by atoms with Gasteiger partial charge in [0.2, 0.25) is 5.95 Å². The summed E-state index contributed by atoms with van der Waals surface area (Å²) in [5, 5.41) is 9.82. The van der Waals surface area contributed by atoms with E-state index < -0.39 is 0 Å². The van der Waals surface area contributed by atoms with Gasteiger partial charge in [0.1, 0.15) is 5.15 Å². The fraction of sp³-hybridized carbons (Fsp3) is 0.556. The minimum Gasteiger partial charge on any atom is -0.391 e. The van der Waals surface area contributed by atoms with Gasteiger partial charge in [0.15, 0.2) is 0 Å². The van der Waals surface area contributed by atoms with Gasteiger partial charge >= 0.3 is 0 Å². The molecule has 1 aliphatic heterocycles. The first-order valence-electron chi connectivity index (χ1n) is 4.59. The fourth-order valence-corrected chi connectivity index (χ4v) is 1.81. The summed E-state index contributed by atoms with van der Waals surface area (Å²) < 4.78 is 0. The van der Waals surface area contributed by atoms with Gasteiger partial charge < -0.3 is 10.0 Å². The van der Waals surface area contributed by atoms with E-state index in [1.54, 1.807) is 6.07 Å². The molecule has 1 N–H and O–H groups in total. The number of hydrogen-bond donors (Lipinski definition) is 1. The van der Waals surface area contributed by atoms with E-state index in [-0.39, 0.29) is 6.10 Å². The summed E-state index contributed by atoms with van der Waals surface area (Å²) in [6, 6.07) is 1.72. The Labute approximate surface area is 87.5 Å². The van der Waals surface area contributed by atoms with Gasteiger partial charge in [0, 0.05) is 18.8 Å². The number of hydrogen-bond acceptors (Lipinski definition) is 4. The number of aromatic nitrogens is 2. The molecule has 0 saturated carbocycles. The maximum Gasteiger partial charge on any atom is 0.227 e. The van der Waals surface area contributed by atoms with Crippen LogP contribution < -0.4 is 4.90 Å². The van der Waals surface area contributed by atoms with E-state index in [0.717, 1.165) is 18.7 Å². The first-order valence-corrected chi connectivity index (χ1v) is 4.97. The quantitative estimate of drug-likeness (QED) is 0.708. The van der Waals surface area contributed by atoms with Gasteiger partial charge in [-0.05, 0) is 19.4 Å². The van der Waals surface area contributed by atoms with Crippen LogP contribution in [0.1, 0.15) is 12.1 Å². The Kier molecular flexibility index (Phi) is 2.56. The molecule has 14 heavy (non-hydrogen) atoms. The van der Waals surface area contributed by atoms with Gasteiger partial charge in [-0.1, -0.05) is 11.6 Å². The van der Waals surface area contributed by atoms with E-state index in [9.17, 15) is 5.11 Å². The average molecular weight is 214 g/mol. The zero-order chi connectivity index (χ0) is 10.1. The van der Waals surface area contributed by atoms with Crippen molar-refractivity contribution >= 4 is 17.5 Å². The van der Waals surface area contributed by atoms with Crippen molar-refractivity contribution in [3.05, 3.63) is 16.9 Å². The molecule has 0 radical (unpaired) electrons. The van der Waals surface area contributed by atoms with E-state index in [4.69, 9.17) is 11.6 Å². The second-order valence-corrected chi connectivity index (χ2v) is 3.91. The molecular formula is C9H12ClN3O. The van der Waals surface area contributed by atoms with Crippen LogP contribution in [0.3, 0.4) is 0 Å². The van der Waals surface area contributed by atoms with Crippen LogP contribution in [0.5, 0.6) is 0 Å². The summed E-state index contributed by atoms with van der Waals surface area (Å²) in [6.07, 6.45) is 0.507. The van der Waals surface area contributed by atoms with Crippen molar-refractivity contribution in [3.63, 3.8) is 0 Å². The van der Waals surface area contributed by atoms with Crippen molar-refractivity contribution in [1.82, 2.24) is 9.97 Å². The molecule has 2 heterocycles. The molecule has 1 fully saturated rings. The molecule has 0 amide bonds. The predicted octanol–water partition coefficient (Wildman–Crippen LogP) is 1.01. The number of β-amino-alcohol motifs (C(OH)–C–C–N with tert-alkyl or cyclic N) is 1. The van der Waals surface area contributed by atoms with Crippen molar-refractivity contribution in [2.24, 2.45) is 0 Å². The van der Waals surface area contributed by atoms with Gasteiger partial charge in [-0.15, -0.1) is 0 Å². The van der Waals surface area contributed by atoms with Gasteiger partial charge in [0.05, 0.1) is 6.10 Å². The maximum absolute atomic E-state index is 9.37. The fourth-order valence-electron chi connectivity index (χ4n) is 1.58. The molecule has 0 bridgehead atoms. The van der Waals surface area contributed by atoms with Crippen molar-refractivity contribution in [2.75, 3.05) is 18.0 Å². The second kappa shape index (κ2) is 3.71. The van der Waals surface area contributed by atoms with Crippen LogP contribution in [0.2, 0.25) is 5.15 Å². The third-order valence-electron chi connectivity index (χ3n) is 2.26. The van der Waals surface area contributed by atoms with Gasteiger partial charge in [0.25, 0.3) is 0 Å². The highest BCUT2D eigenvalue weighted by Gasteiger charge is 2.22. The highest BCUT2D eigenvalue weighted by Crippen LogP contribution is 2.18. The monoisotopic (exact) mass is 213 g/mol. The Morgan fingerprint density at radius 2 is 2.36 bits per heavy atom. The number of halogens is 1. The van der Waals surface area contributed by atoms with Crippen LogP contribution in [0.25, 0.3) is 0 Å². The van der Waals surface area contributed by atoms with Gasteiger partial charge in [-0.2, -0.15) is 0 Å². The number of aliphatic hydroxyl groups is 1. The number of anilines is 1. The average Bonchev–Trinajstić information content (AvgIpc) is 2.50. The summed E-state index contributed by atoms with van der Waals surface area (Å²) in [4.78, 5) is 10.3. The number of nitrogens with zero attached hydrogens (tertiary/aromatic N) is 3. The topological polar surface area (TPSA) is 49.2 Å². The lowest BCUT2D eigenvalue weighted by Crippen LogP contribution is -2.23. The van der Waals surface area contributed by atoms with Crippen LogP contribution in [-0.2, 0) is 0 Å². The summed E-state index contributed by atoms with van der Waals surface area (Å²) in [5.74, 6) is 0.617. The van der Waals surface area contributed by atoms with E-state index in [0.29, 0.717) is 17.6 Å². The molecule has 1 aliphatic rings. The van der Waals surface area contributed by atoms with Gasteiger partial charge in [-0.3, -0.25) is 0 Å². The molecule has 0 spiro atoms. The highest BCUT2D eigenvalue weighted by molar-refractivity contribution is 6.29. The summed E-state index contributed by atoms with van der Waals surface area (Å²) in [5.41, 5.74) is 0.849. The second-order valence-electron chi connectivity index (χ2n) is 3.52. The summed E-state index contributed by atoms with van der Waals surface area (Å²) >= 11 is 5.82. The van der Waals surface area contributed by atoms with Crippen molar-refractivity contribution in [2.45, 2.75) is 19.4 Å². The predicted molar refractivity (Wildman–Crippen MR) is 54.6 cm³/mol. The minimum atomic E-state index is -0.266. The van der Waals surface area contributed by atoms with E-state index in [1.807, 2.05) is 11.8 Å². The van der Waals surface area contributed by atoms with Crippen molar-refractivity contribution in [1.29, 1.82) is 0 Å². The SMILES string of the molecule is Cc1cc(Cl)nc(N2CC[C@H](O)C2)n1. The molecule has 5 heteroatoms. The molecule has 76 valence electrons. The third-order valence-corrected chi connectivity index (χ3v) is 2.45. The van der Waals surface area contributed by atoms with E-state index in [1.165, 1.54) is 0 Å². The molecule has 0 unspecified atom stereocenters. The zero-order valence-electron chi connectivity index (χ0n) is 7.94. The standard InChI is InChI=1S/C9H12ClN3O/c1-6-4-8(10)12-9(11-6)13-3-2-7(14)5-13/h4,7,14H,2-3,5H2,1H3/t7-/m0/s1. The summed E-state index contributed by atoms with van der Waals surface area (Å²) in [6.45, 7) is 3.27. The first-order chi connectivity index (χ1) is 6.65. The zero-order valence-corrected chi connectivity index (χ0v) is 8.70. The van der Waals surface area contributed by atoms with Crippen molar-refractivity contribution < 1.29 is 5.11 Å². The molecule has 1 saturated heterocycles. The lowest BCUT2D eigenvalue weighted by atomic mass is 10.3. The minimum absolute atomic E-state index is 0.266. The molecule has 0 aromatic carbocycles. The molecule has 1 atom stereocenters. The maximum atomic E-state index is 9.37. The first kappa shape index (κ1) is 9.68. The Balaban J connectivity index is 2.23. The molecule has 2 rings (SSSR count). The van der Waals surface area contributed by atoms with E-state index >= 15 is 0 Å². The molecule has 1 aromatic rings. The van der Waals surface area contributed by atoms with E-state index in [2.05, 4.69) is 9.97 Å². The largest absolute Gasteiger partial charge is 0.391 e. The van der Waals surface area contributed by atoms with Gasteiger partial charge in [-0.25, -0.2) is 9.97 Å².